The van der Waals surface area contributed by atoms with Crippen LogP contribution in [0.3, 0.4) is 0 Å². The highest BCUT2D eigenvalue weighted by molar-refractivity contribution is 7.87. The molecule has 7 heteroatoms. The zero-order valence-electron chi connectivity index (χ0n) is 14.6. The largest absolute Gasteiger partial charge is 0.335 e. The number of carbonyl (C=O) groups excluding carboxylic acids is 1. The lowest BCUT2D eigenvalue weighted by atomic mass is 9.78. The summed E-state index contributed by atoms with van der Waals surface area (Å²) in [5.41, 5.74) is 0.370. The second kappa shape index (κ2) is 7.60. The summed E-state index contributed by atoms with van der Waals surface area (Å²) in [5.74, 6) is 0. The maximum atomic E-state index is 12.5. The van der Waals surface area contributed by atoms with E-state index in [1.807, 2.05) is 0 Å². The summed E-state index contributed by atoms with van der Waals surface area (Å²) in [6.07, 6.45) is 13.4. The quantitative estimate of drug-likeness (QED) is 0.762. The van der Waals surface area contributed by atoms with Crippen molar-refractivity contribution in [3.05, 3.63) is 0 Å². The van der Waals surface area contributed by atoms with Gasteiger partial charge in [0.2, 0.25) is 0 Å². The number of hydrogen-bond acceptors (Lipinski definition) is 3. The minimum absolute atomic E-state index is 0.103. The van der Waals surface area contributed by atoms with Gasteiger partial charge in [-0.05, 0) is 43.9 Å². The molecule has 3 fully saturated rings. The number of rotatable bonds is 3. The predicted molar refractivity (Wildman–Crippen MR) is 93.8 cm³/mol. The summed E-state index contributed by atoms with van der Waals surface area (Å²) in [4.78, 5) is 12.1. The third kappa shape index (κ3) is 4.42. The fourth-order valence-electron chi connectivity index (χ4n) is 4.65. The van der Waals surface area contributed by atoms with Crippen molar-refractivity contribution in [3.63, 3.8) is 0 Å². The van der Waals surface area contributed by atoms with Crippen molar-refractivity contribution in [1.29, 1.82) is 0 Å². The van der Waals surface area contributed by atoms with E-state index in [0.29, 0.717) is 18.5 Å². The van der Waals surface area contributed by atoms with Crippen molar-refractivity contribution in [2.45, 2.75) is 83.1 Å². The molecule has 2 N–H and O–H groups in total. The zero-order chi connectivity index (χ0) is 17.0. The van der Waals surface area contributed by atoms with E-state index >= 15 is 0 Å². The maximum absolute atomic E-state index is 12.5. The molecule has 2 saturated carbocycles. The zero-order valence-corrected chi connectivity index (χ0v) is 15.4. The van der Waals surface area contributed by atoms with Gasteiger partial charge in [0.25, 0.3) is 0 Å². The predicted octanol–water partition coefficient (Wildman–Crippen LogP) is 2.91. The Hall–Kier alpha value is -0.820. The molecule has 3 aliphatic rings. The van der Waals surface area contributed by atoms with Crippen LogP contribution in [0.2, 0.25) is 0 Å². The molecule has 0 unspecified atom stereocenters. The first-order valence-corrected chi connectivity index (χ1v) is 11.0. The van der Waals surface area contributed by atoms with Crippen molar-refractivity contribution in [3.8, 4) is 0 Å². The number of piperidine rings is 1. The average molecular weight is 358 g/mol. The van der Waals surface area contributed by atoms with Crippen LogP contribution in [0.4, 0.5) is 4.79 Å². The van der Waals surface area contributed by atoms with Crippen molar-refractivity contribution < 1.29 is 13.2 Å². The molecule has 3 rings (SSSR count). The number of nitrogens with zero attached hydrogens (tertiary/aromatic N) is 1. The molecule has 2 aliphatic carbocycles. The molecule has 0 radical (unpaired) electrons. The molecule has 24 heavy (non-hydrogen) atoms. The lowest BCUT2D eigenvalue weighted by Gasteiger charge is -2.38. The van der Waals surface area contributed by atoms with Crippen molar-refractivity contribution >= 4 is 16.2 Å². The molecule has 1 aliphatic heterocycles. The van der Waals surface area contributed by atoms with Crippen LogP contribution in [0.5, 0.6) is 0 Å². The van der Waals surface area contributed by atoms with E-state index < -0.39 is 16.2 Å². The van der Waals surface area contributed by atoms with Crippen LogP contribution >= 0.6 is 0 Å². The van der Waals surface area contributed by atoms with E-state index in [1.165, 1.54) is 42.8 Å². The molecule has 138 valence electrons. The summed E-state index contributed by atoms with van der Waals surface area (Å²) in [5, 5.41) is 2.85. The molecule has 0 bridgehead atoms. The number of hydrogen-bond donors (Lipinski definition) is 2. The van der Waals surface area contributed by atoms with Crippen LogP contribution in [-0.4, -0.2) is 37.9 Å². The minimum atomic E-state index is -3.72. The van der Waals surface area contributed by atoms with E-state index in [9.17, 15) is 13.2 Å². The van der Waals surface area contributed by atoms with Gasteiger partial charge in [-0.1, -0.05) is 38.5 Å². The number of amides is 2. The van der Waals surface area contributed by atoms with Gasteiger partial charge >= 0.3 is 16.2 Å². The van der Waals surface area contributed by atoms with Crippen molar-refractivity contribution in [2.75, 3.05) is 13.1 Å². The minimum Gasteiger partial charge on any atom is -0.335 e. The van der Waals surface area contributed by atoms with Gasteiger partial charge in [-0.15, -0.1) is 0 Å². The molecule has 1 heterocycles. The molecular formula is C17H31N3O3S. The fraction of sp³-hybridized carbons (Fsp3) is 0.941. The first kappa shape index (κ1) is 18.0. The average Bonchev–Trinajstić information content (AvgIpc) is 2.82. The van der Waals surface area contributed by atoms with Crippen molar-refractivity contribution in [2.24, 2.45) is 5.41 Å². The Morgan fingerprint density at radius 2 is 1.46 bits per heavy atom. The summed E-state index contributed by atoms with van der Waals surface area (Å²) in [6, 6.07) is -0.464. The Morgan fingerprint density at radius 3 is 2.04 bits per heavy atom. The SMILES string of the molecule is O=C(NC1CCCCCC1)NS(=O)(=O)N1CCC2(CCCC2)CC1. The monoisotopic (exact) mass is 357 g/mol. The van der Waals surface area contributed by atoms with Gasteiger partial charge in [-0.2, -0.15) is 12.7 Å². The third-order valence-corrected chi connectivity index (χ3v) is 7.69. The Balaban J connectivity index is 1.49. The van der Waals surface area contributed by atoms with Crippen LogP contribution in [0.15, 0.2) is 0 Å². The molecule has 6 nitrogen and oxygen atoms in total. The first-order chi connectivity index (χ1) is 11.5. The maximum Gasteiger partial charge on any atom is 0.329 e. The standard InChI is InChI=1S/C17H31N3O3S/c21-16(18-15-7-3-1-2-4-8-15)19-24(22,23)20-13-11-17(12-14-20)9-5-6-10-17/h15H,1-14H2,(H2,18,19,21). The normalized spacial score (nSPS) is 26.2. The highest BCUT2D eigenvalue weighted by Gasteiger charge is 2.40. The molecule has 1 spiro atoms. The topological polar surface area (TPSA) is 78.5 Å². The second-order valence-corrected chi connectivity index (χ2v) is 9.55. The van der Waals surface area contributed by atoms with Gasteiger partial charge < -0.3 is 5.32 Å². The van der Waals surface area contributed by atoms with E-state index in [-0.39, 0.29) is 6.04 Å². The molecule has 0 aromatic carbocycles. The van der Waals surface area contributed by atoms with Gasteiger partial charge in [0.15, 0.2) is 0 Å². The second-order valence-electron chi connectivity index (χ2n) is 7.88. The summed E-state index contributed by atoms with van der Waals surface area (Å²) >= 11 is 0. The lowest BCUT2D eigenvalue weighted by Crippen LogP contribution is -2.52. The van der Waals surface area contributed by atoms with Crippen LogP contribution in [0.25, 0.3) is 0 Å². The van der Waals surface area contributed by atoms with Gasteiger partial charge in [-0.25, -0.2) is 9.52 Å². The molecule has 0 aromatic heterocycles. The van der Waals surface area contributed by atoms with Crippen molar-refractivity contribution in [1.82, 2.24) is 14.3 Å². The lowest BCUT2D eigenvalue weighted by molar-refractivity contribution is 0.159. The molecule has 0 aromatic rings. The van der Waals surface area contributed by atoms with E-state index in [2.05, 4.69) is 10.0 Å². The van der Waals surface area contributed by atoms with Crippen LogP contribution in [0.1, 0.15) is 77.0 Å². The summed E-state index contributed by atoms with van der Waals surface area (Å²) < 4.78 is 28.6. The van der Waals surface area contributed by atoms with Crippen LogP contribution < -0.4 is 10.0 Å². The third-order valence-electron chi connectivity index (χ3n) is 6.20. The Morgan fingerprint density at radius 1 is 0.875 bits per heavy atom. The Bertz CT molecular complexity index is 525. The molecule has 1 saturated heterocycles. The highest BCUT2D eigenvalue weighted by Crippen LogP contribution is 2.46. The number of urea groups is 1. The highest BCUT2D eigenvalue weighted by atomic mass is 32.2. The molecule has 2 amide bonds. The Labute approximate surface area is 145 Å². The molecular weight excluding hydrogens is 326 g/mol. The van der Waals surface area contributed by atoms with Gasteiger partial charge in [-0.3, -0.25) is 0 Å². The Kier molecular flexibility index (Phi) is 5.70. The van der Waals surface area contributed by atoms with Gasteiger partial charge in [0.1, 0.15) is 0 Å². The van der Waals surface area contributed by atoms with E-state index in [1.54, 1.807) is 0 Å². The van der Waals surface area contributed by atoms with Gasteiger partial charge in [0, 0.05) is 19.1 Å². The number of nitrogens with one attached hydrogen (secondary N) is 2. The van der Waals surface area contributed by atoms with E-state index in [4.69, 9.17) is 0 Å². The van der Waals surface area contributed by atoms with Crippen LogP contribution in [-0.2, 0) is 10.2 Å². The van der Waals surface area contributed by atoms with Crippen LogP contribution in [0, 0.1) is 5.41 Å². The first-order valence-electron chi connectivity index (χ1n) is 9.58. The van der Waals surface area contributed by atoms with E-state index in [0.717, 1.165) is 38.5 Å². The summed E-state index contributed by atoms with van der Waals surface area (Å²) in [6.45, 7) is 1.07. The smallest absolute Gasteiger partial charge is 0.329 e. The number of carbonyl (C=O) groups is 1. The van der Waals surface area contributed by atoms with Gasteiger partial charge in [0.05, 0.1) is 0 Å². The summed E-state index contributed by atoms with van der Waals surface area (Å²) in [7, 11) is -3.72. The molecule has 0 atom stereocenters. The fourth-order valence-corrected chi connectivity index (χ4v) is 5.73.